The van der Waals surface area contributed by atoms with Crippen LogP contribution in [-0.4, -0.2) is 17.0 Å². The molecule has 0 spiro atoms. The predicted octanol–water partition coefficient (Wildman–Crippen LogP) is 3.14. The molecule has 2 rings (SSSR count). The number of carbonyl (C=O) groups is 1. The monoisotopic (exact) mass is 357 g/mol. The number of amides is 1. The lowest BCUT2D eigenvalue weighted by Crippen LogP contribution is -2.45. The van der Waals surface area contributed by atoms with E-state index >= 15 is 0 Å². The van der Waals surface area contributed by atoms with Crippen molar-refractivity contribution in [1.29, 1.82) is 0 Å². The van der Waals surface area contributed by atoms with Gasteiger partial charge >= 0.3 is 0 Å². The fraction of sp³-hybridized carbons (Fsp3) is 0.429. The molecule has 1 aliphatic rings. The molecule has 114 valence electrons. The number of nitrogens with two attached hydrogens (primary N) is 1. The van der Waals surface area contributed by atoms with Crippen molar-refractivity contribution in [3.63, 3.8) is 0 Å². The summed E-state index contributed by atoms with van der Waals surface area (Å²) in [5.74, 6) is -0.786. The summed E-state index contributed by atoms with van der Waals surface area (Å²) in [5.41, 5.74) is 5.86. The Labute approximate surface area is 130 Å². The van der Waals surface area contributed by atoms with Crippen LogP contribution in [0.1, 0.15) is 31.2 Å². The maximum Gasteiger partial charge on any atom is 0.238 e. The Kier molecular flexibility index (Phi) is 4.51. The molecule has 0 unspecified atom stereocenters. The molecule has 0 radical (unpaired) electrons. The summed E-state index contributed by atoms with van der Waals surface area (Å²) < 4.78 is 13.7. The largest absolute Gasteiger partial charge is 0.409 e. The van der Waals surface area contributed by atoms with Gasteiger partial charge in [0.05, 0.1) is 4.47 Å². The van der Waals surface area contributed by atoms with Gasteiger partial charge < -0.3 is 16.3 Å². The van der Waals surface area contributed by atoms with E-state index in [2.05, 4.69) is 26.4 Å². The minimum atomic E-state index is -0.984. The SMILES string of the molecule is Cc1cc(F)c(Br)cc1NC(=O)C1(/C(N)=N/O)CCCC1. The Morgan fingerprint density at radius 2 is 2.10 bits per heavy atom. The van der Waals surface area contributed by atoms with Gasteiger partial charge in [-0.25, -0.2) is 4.39 Å². The molecule has 1 aliphatic carbocycles. The summed E-state index contributed by atoms with van der Waals surface area (Å²) >= 11 is 3.09. The normalized spacial score (nSPS) is 17.8. The van der Waals surface area contributed by atoms with Crippen molar-refractivity contribution in [2.75, 3.05) is 5.32 Å². The Morgan fingerprint density at radius 1 is 1.48 bits per heavy atom. The molecule has 0 saturated heterocycles. The zero-order valence-corrected chi connectivity index (χ0v) is 13.2. The van der Waals surface area contributed by atoms with Gasteiger partial charge in [0.1, 0.15) is 11.2 Å². The lowest BCUT2D eigenvalue weighted by Gasteiger charge is -2.26. The van der Waals surface area contributed by atoms with Crippen molar-refractivity contribution in [2.45, 2.75) is 32.6 Å². The number of nitrogens with zero attached hydrogens (tertiary/aromatic N) is 1. The van der Waals surface area contributed by atoms with Crippen molar-refractivity contribution in [1.82, 2.24) is 0 Å². The molecule has 21 heavy (non-hydrogen) atoms. The van der Waals surface area contributed by atoms with Crippen molar-refractivity contribution >= 4 is 33.4 Å². The minimum absolute atomic E-state index is 0.0728. The molecule has 0 heterocycles. The summed E-state index contributed by atoms with van der Waals surface area (Å²) in [6.45, 7) is 1.70. The number of hydrogen-bond donors (Lipinski definition) is 3. The first-order valence-corrected chi connectivity index (χ1v) is 7.45. The maximum absolute atomic E-state index is 13.4. The van der Waals surface area contributed by atoms with Crippen LogP contribution in [0, 0.1) is 18.2 Å². The van der Waals surface area contributed by atoms with Gasteiger partial charge in [-0.05, 0) is 53.4 Å². The van der Waals surface area contributed by atoms with Crippen LogP contribution in [0.2, 0.25) is 0 Å². The third kappa shape index (κ3) is 2.88. The molecule has 0 bridgehead atoms. The zero-order valence-electron chi connectivity index (χ0n) is 11.6. The molecular weight excluding hydrogens is 341 g/mol. The van der Waals surface area contributed by atoms with Crippen LogP contribution in [0.4, 0.5) is 10.1 Å². The van der Waals surface area contributed by atoms with Crippen molar-refractivity contribution < 1.29 is 14.4 Å². The number of benzene rings is 1. The van der Waals surface area contributed by atoms with Crippen LogP contribution in [0.15, 0.2) is 21.8 Å². The van der Waals surface area contributed by atoms with Crippen LogP contribution in [0.3, 0.4) is 0 Å². The van der Waals surface area contributed by atoms with Gasteiger partial charge in [0.15, 0.2) is 5.84 Å². The molecule has 0 aromatic heterocycles. The van der Waals surface area contributed by atoms with Crippen molar-refractivity contribution in [3.8, 4) is 0 Å². The van der Waals surface area contributed by atoms with E-state index in [-0.39, 0.29) is 16.2 Å². The molecule has 1 aromatic rings. The second kappa shape index (κ2) is 6.01. The fourth-order valence-corrected chi connectivity index (χ4v) is 3.04. The molecule has 0 atom stereocenters. The highest BCUT2D eigenvalue weighted by Gasteiger charge is 2.45. The van der Waals surface area contributed by atoms with Crippen molar-refractivity contribution in [2.24, 2.45) is 16.3 Å². The van der Waals surface area contributed by atoms with Gasteiger partial charge in [-0.15, -0.1) is 0 Å². The molecular formula is C14H17BrFN3O2. The molecule has 5 nitrogen and oxygen atoms in total. The van der Waals surface area contributed by atoms with Gasteiger partial charge in [-0.2, -0.15) is 0 Å². The number of oxime groups is 1. The average molecular weight is 358 g/mol. The van der Waals surface area contributed by atoms with Crippen LogP contribution in [-0.2, 0) is 4.79 Å². The number of amidine groups is 1. The van der Waals surface area contributed by atoms with Crippen LogP contribution in [0.5, 0.6) is 0 Å². The smallest absolute Gasteiger partial charge is 0.238 e. The Balaban J connectivity index is 2.30. The van der Waals surface area contributed by atoms with E-state index in [4.69, 9.17) is 10.9 Å². The van der Waals surface area contributed by atoms with E-state index < -0.39 is 11.2 Å². The molecule has 1 saturated carbocycles. The average Bonchev–Trinajstić information content (AvgIpc) is 2.94. The summed E-state index contributed by atoms with van der Waals surface area (Å²) in [6.07, 6.45) is 2.76. The molecule has 0 aliphatic heterocycles. The molecule has 4 N–H and O–H groups in total. The van der Waals surface area contributed by atoms with Gasteiger partial charge in [0.2, 0.25) is 5.91 Å². The van der Waals surface area contributed by atoms with E-state index in [1.807, 2.05) is 0 Å². The molecule has 1 fully saturated rings. The summed E-state index contributed by atoms with van der Waals surface area (Å²) in [6, 6.07) is 2.85. The van der Waals surface area contributed by atoms with Gasteiger partial charge in [-0.1, -0.05) is 18.0 Å². The van der Waals surface area contributed by atoms with E-state index in [1.165, 1.54) is 12.1 Å². The third-order valence-corrected chi connectivity index (χ3v) is 4.61. The van der Waals surface area contributed by atoms with Gasteiger partial charge in [0.25, 0.3) is 0 Å². The highest BCUT2D eigenvalue weighted by Crippen LogP contribution is 2.39. The summed E-state index contributed by atoms with van der Waals surface area (Å²) in [4.78, 5) is 12.6. The quantitative estimate of drug-likeness (QED) is 0.336. The number of rotatable bonds is 3. The van der Waals surface area contributed by atoms with Gasteiger partial charge in [-0.3, -0.25) is 4.79 Å². The first-order chi connectivity index (χ1) is 9.90. The van der Waals surface area contributed by atoms with Crippen LogP contribution in [0.25, 0.3) is 0 Å². The Hall–Kier alpha value is -1.63. The number of aryl methyl sites for hydroxylation is 1. The van der Waals surface area contributed by atoms with E-state index in [1.54, 1.807) is 6.92 Å². The van der Waals surface area contributed by atoms with E-state index in [9.17, 15) is 9.18 Å². The second-order valence-corrected chi connectivity index (χ2v) is 6.16. The fourth-order valence-electron chi connectivity index (χ4n) is 2.70. The number of halogens is 2. The van der Waals surface area contributed by atoms with E-state index in [0.29, 0.717) is 24.1 Å². The topological polar surface area (TPSA) is 87.7 Å². The predicted molar refractivity (Wildman–Crippen MR) is 81.8 cm³/mol. The number of nitrogens with one attached hydrogen (secondary N) is 1. The lowest BCUT2D eigenvalue weighted by atomic mass is 9.83. The molecule has 7 heteroatoms. The summed E-state index contributed by atoms with van der Waals surface area (Å²) in [5, 5.41) is 14.7. The Morgan fingerprint density at radius 3 is 2.67 bits per heavy atom. The lowest BCUT2D eigenvalue weighted by molar-refractivity contribution is -0.122. The number of anilines is 1. The first-order valence-electron chi connectivity index (χ1n) is 6.66. The second-order valence-electron chi connectivity index (χ2n) is 5.31. The third-order valence-electron chi connectivity index (χ3n) is 4.01. The number of carbonyl (C=O) groups excluding carboxylic acids is 1. The molecule has 1 aromatic carbocycles. The van der Waals surface area contributed by atoms with Crippen LogP contribution >= 0.6 is 15.9 Å². The maximum atomic E-state index is 13.4. The molecule has 1 amide bonds. The van der Waals surface area contributed by atoms with Gasteiger partial charge in [0, 0.05) is 5.69 Å². The Bertz CT molecular complexity index is 598. The van der Waals surface area contributed by atoms with Crippen LogP contribution < -0.4 is 11.1 Å². The standard InChI is InChI=1S/C14H17BrFN3O2/c1-8-6-10(16)9(15)7-11(8)18-13(20)14(12(17)19-21)4-2-3-5-14/h6-7,21H,2-5H2,1H3,(H2,17,19)(H,18,20). The first kappa shape index (κ1) is 15.8. The number of hydrogen-bond acceptors (Lipinski definition) is 3. The zero-order chi connectivity index (χ0) is 15.6. The highest BCUT2D eigenvalue weighted by molar-refractivity contribution is 9.10. The summed E-state index contributed by atoms with van der Waals surface area (Å²) in [7, 11) is 0. The highest BCUT2D eigenvalue weighted by atomic mass is 79.9. The minimum Gasteiger partial charge on any atom is -0.409 e. The van der Waals surface area contributed by atoms with Crippen molar-refractivity contribution in [3.05, 3.63) is 28.0 Å². The van der Waals surface area contributed by atoms with E-state index in [0.717, 1.165) is 12.8 Å².